The molecule has 0 saturated carbocycles. The molecule has 0 bridgehead atoms. The van der Waals surface area contributed by atoms with E-state index in [9.17, 15) is 5.21 Å². The van der Waals surface area contributed by atoms with Gasteiger partial charge < -0.3 is 5.21 Å². The number of hydrogen-bond acceptors (Lipinski definition) is 2. The van der Waals surface area contributed by atoms with Crippen LogP contribution < -0.4 is 5.49 Å². The summed E-state index contributed by atoms with van der Waals surface area (Å²) in [5.74, 6) is 0. The van der Waals surface area contributed by atoms with Gasteiger partial charge in [0.2, 0.25) is 0 Å². The zero-order chi connectivity index (χ0) is 8.43. The van der Waals surface area contributed by atoms with E-state index in [-0.39, 0.29) is 0 Å². The summed E-state index contributed by atoms with van der Waals surface area (Å²) in [6.07, 6.45) is 0. The van der Waals surface area contributed by atoms with Crippen LogP contribution in [0.3, 0.4) is 0 Å². The van der Waals surface area contributed by atoms with Crippen LogP contribution in [0.25, 0.3) is 0 Å². The smallest absolute Gasteiger partial charge is 0.163 e. The third-order valence-corrected chi connectivity index (χ3v) is 1.57. The zero-order valence-corrected chi connectivity index (χ0v) is 7.00. The topological polar surface area (TPSA) is 37.5 Å². The number of hydrogen-bond donors (Lipinski definition) is 1. The SMILES string of the molecule is CN=c1cc(C)cc(C)n1O. The van der Waals surface area contributed by atoms with Gasteiger partial charge in [0.05, 0.1) is 5.69 Å². The number of pyridine rings is 1. The normalized spacial score (nSPS) is 12.1. The molecule has 0 aliphatic heterocycles. The Labute approximate surface area is 65.6 Å². The van der Waals surface area contributed by atoms with E-state index in [2.05, 4.69) is 4.99 Å². The second kappa shape index (κ2) is 2.78. The minimum absolute atomic E-state index is 0.586. The van der Waals surface area contributed by atoms with Gasteiger partial charge in [-0.25, -0.2) is 0 Å². The first kappa shape index (κ1) is 7.85. The summed E-state index contributed by atoms with van der Waals surface area (Å²) in [6.45, 7) is 3.81. The molecule has 0 atom stereocenters. The first-order chi connectivity index (χ1) is 5.15. The minimum atomic E-state index is 0.586. The van der Waals surface area contributed by atoms with Crippen LogP contribution in [-0.2, 0) is 0 Å². The molecule has 1 aromatic rings. The Morgan fingerprint density at radius 1 is 1.36 bits per heavy atom. The molecule has 0 aromatic carbocycles. The van der Waals surface area contributed by atoms with E-state index in [1.165, 1.54) is 0 Å². The molecular formula is C8H12N2O. The Morgan fingerprint density at radius 2 is 2.00 bits per heavy atom. The van der Waals surface area contributed by atoms with Crippen molar-refractivity contribution in [2.75, 3.05) is 7.05 Å². The molecule has 0 aliphatic carbocycles. The number of nitrogens with zero attached hydrogens (tertiary/aromatic N) is 2. The lowest BCUT2D eigenvalue weighted by Gasteiger charge is -2.03. The van der Waals surface area contributed by atoms with Crippen molar-refractivity contribution in [1.82, 2.24) is 4.73 Å². The molecule has 0 aliphatic rings. The Bertz CT molecular complexity index is 325. The highest BCUT2D eigenvalue weighted by Crippen LogP contribution is 1.96. The summed E-state index contributed by atoms with van der Waals surface area (Å²) in [4.78, 5) is 3.90. The summed E-state index contributed by atoms with van der Waals surface area (Å²) < 4.78 is 1.08. The lowest BCUT2D eigenvalue weighted by Crippen LogP contribution is -2.20. The van der Waals surface area contributed by atoms with Crippen LogP contribution in [0.5, 0.6) is 0 Å². The van der Waals surface area contributed by atoms with Crippen LogP contribution in [0.1, 0.15) is 11.3 Å². The van der Waals surface area contributed by atoms with Gasteiger partial charge in [-0.3, -0.25) is 4.99 Å². The largest absolute Gasteiger partial charge is 0.427 e. The molecule has 3 heteroatoms. The van der Waals surface area contributed by atoms with E-state index in [0.29, 0.717) is 5.49 Å². The van der Waals surface area contributed by atoms with Crippen molar-refractivity contribution < 1.29 is 5.21 Å². The highest BCUT2D eigenvalue weighted by molar-refractivity contribution is 5.13. The summed E-state index contributed by atoms with van der Waals surface area (Å²) >= 11 is 0. The van der Waals surface area contributed by atoms with Gasteiger partial charge in [-0.2, -0.15) is 4.73 Å². The van der Waals surface area contributed by atoms with Gasteiger partial charge in [-0.1, -0.05) is 0 Å². The van der Waals surface area contributed by atoms with Gasteiger partial charge in [-0.15, -0.1) is 0 Å². The highest BCUT2D eigenvalue weighted by atomic mass is 16.5. The molecule has 11 heavy (non-hydrogen) atoms. The summed E-state index contributed by atoms with van der Waals surface area (Å²) in [7, 11) is 1.65. The molecule has 0 saturated heterocycles. The van der Waals surface area contributed by atoms with E-state index in [1.807, 2.05) is 26.0 Å². The van der Waals surface area contributed by atoms with Crippen LogP contribution in [0.15, 0.2) is 17.1 Å². The van der Waals surface area contributed by atoms with Gasteiger partial charge in [0.15, 0.2) is 5.49 Å². The van der Waals surface area contributed by atoms with E-state index < -0.39 is 0 Å². The maximum Gasteiger partial charge on any atom is 0.163 e. The quantitative estimate of drug-likeness (QED) is 0.550. The van der Waals surface area contributed by atoms with Crippen molar-refractivity contribution >= 4 is 0 Å². The van der Waals surface area contributed by atoms with Crippen LogP contribution in [0.4, 0.5) is 0 Å². The number of aromatic nitrogens is 1. The molecule has 1 rings (SSSR count). The average Bonchev–Trinajstić information content (AvgIpc) is 1.96. The second-order valence-electron chi connectivity index (χ2n) is 2.57. The number of aryl methyl sites for hydroxylation is 2. The van der Waals surface area contributed by atoms with Crippen LogP contribution in [-0.4, -0.2) is 17.0 Å². The first-order valence-electron chi connectivity index (χ1n) is 3.47. The molecule has 1 heterocycles. The lowest BCUT2D eigenvalue weighted by atomic mass is 10.2. The highest BCUT2D eigenvalue weighted by Gasteiger charge is 1.94. The summed E-state index contributed by atoms with van der Waals surface area (Å²) in [5.41, 5.74) is 2.49. The van der Waals surface area contributed by atoms with Crippen LogP contribution >= 0.6 is 0 Å². The van der Waals surface area contributed by atoms with Gasteiger partial charge in [0.25, 0.3) is 0 Å². The molecule has 0 amide bonds. The van der Waals surface area contributed by atoms with Crippen molar-refractivity contribution in [3.05, 3.63) is 28.9 Å². The van der Waals surface area contributed by atoms with Crippen LogP contribution in [0.2, 0.25) is 0 Å². The monoisotopic (exact) mass is 152 g/mol. The fourth-order valence-electron chi connectivity index (χ4n) is 1.04. The van der Waals surface area contributed by atoms with E-state index in [4.69, 9.17) is 0 Å². The predicted molar refractivity (Wildman–Crippen MR) is 42.6 cm³/mol. The molecule has 1 aromatic heterocycles. The summed E-state index contributed by atoms with van der Waals surface area (Å²) in [6, 6.07) is 3.72. The molecule has 0 spiro atoms. The van der Waals surface area contributed by atoms with Crippen molar-refractivity contribution in [2.24, 2.45) is 4.99 Å². The van der Waals surface area contributed by atoms with Crippen molar-refractivity contribution in [2.45, 2.75) is 13.8 Å². The fraction of sp³-hybridized carbons (Fsp3) is 0.375. The number of rotatable bonds is 0. The van der Waals surface area contributed by atoms with Crippen LogP contribution in [0, 0.1) is 13.8 Å². The molecular weight excluding hydrogens is 140 g/mol. The molecule has 3 nitrogen and oxygen atoms in total. The van der Waals surface area contributed by atoms with Gasteiger partial charge in [0, 0.05) is 7.05 Å². The molecule has 0 unspecified atom stereocenters. The van der Waals surface area contributed by atoms with Crippen molar-refractivity contribution in [1.29, 1.82) is 0 Å². The van der Waals surface area contributed by atoms with Crippen molar-refractivity contribution in [3.63, 3.8) is 0 Å². The Balaban J connectivity index is 3.50. The maximum absolute atomic E-state index is 9.34. The Morgan fingerprint density at radius 3 is 2.55 bits per heavy atom. The predicted octanol–water partition coefficient (Wildman–Crippen LogP) is 0.873. The average molecular weight is 152 g/mol. The second-order valence-corrected chi connectivity index (χ2v) is 2.57. The van der Waals surface area contributed by atoms with Gasteiger partial charge in [0.1, 0.15) is 0 Å². The van der Waals surface area contributed by atoms with Gasteiger partial charge in [-0.05, 0) is 31.5 Å². The minimum Gasteiger partial charge on any atom is -0.427 e. The molecule has 0 fully saturated rings. The van der Waals surface area contributed by atoms with E-state index in [0.717, 1.165) is 16.0 Å². The zero-order valence-electron chi connectivity index (χ0n) is 7.00. The Kier molecular flexibility index (Phi) is 1.98. The van der Waals surface area contributed by atoms with E-state index >= 15 is 0 Å². The Hall–Kier alpha value is -1.25. The first-order valence-corrected chi connectivity index (χ1v) is 3.47. The van der Waals surface area contributed by atoms with E-state index in [1.54, 1.807) is 7.05 Å². The maximum atomic E-state index is 9.34. The third-order valence-electron chi connectivity index (χ3n) is 1.57. The molecule has 0 radical (unpaired) electrons. The summed E-state index contributed by atoms with van der Waals surface area (Å²) in [5, 5.41) is 9.34. The molecule has 1 N–H and O–H groups in total. The standard InChI is InChI=1S/C8H12N2O/c1-6-4-7(2)10(11)8(5-6)9-3/h4-5,11H,1-3H3. The lowest BCUT2D eigenvalue weighted by molar-refractivity contribution is 0.165. The third kappa shape index (κ3) is 1.42. The fourth-order valence-corrected chi connectivity index (χ4v) is 1.04. The van der Waals surface area contributed by atoms with Crippen molar-refractivity contribution in [3.8, 4) is 0 Å². The molecule has 60 valence electrons. The van der Waals surface area contributed by atoms with Gasteiger partial charge >= 0.3 is 0 Å².